The quantitative estimate of drug-likeness (QED) is 0.596. The Morgan fingerprint density at radius 3 is 2.42 bits per heavy atom. The molecule has 2 aromatic heterocycles. The van der Waals surface area contributed by atoms with E-state index >= 15 is 0 Å². The highest BCUT2D eigenvalue weighted by atomic mass is 16.3. The summed E-state index contributed by atoms with van der Waals surface area (Å²) in [5, 5.41) is 14.9. The van der Waals surface area contributed by atoms with E-state index in [1.54, 1.807) is 10.5 Å². The number of imidazole rings is 1. The number of aryl methyl sites for hydroxylation is 1. The van der Waals surface area contributed by atoms with Crippen molar-refractivity contribution in [3.8, 4) is 0 Å². The number of nitrogens with zero attached hydrogens (tertiary/aromatic N) is 2. The largest absolute Gasteiger partial charge is 0.396 e. The molecule has 2 aromatic rings. The summed E-state index contributed by atoms with van der Waals surface area (Å²) in [4.78, 5) is 30.2. The van der Waals surface area contributed by atoms with Gasteiger partial charge in [0.2, 0.25) is 0 Å². The average molecular weight is 425 g/mol. The molecule has 7 nitrogen and oxygen atoms in total. The number of carbonyl (C=O) groups is 2. The van der Waals surface area contributed by atoms with E-state index in [1.807, 2.05) is 19.1 Å². The van der Waals surface area contributed by atoms with Crippen molar-refractivity contribution in [1.29, 1.82) is 0 Å². The van der Waals surface area contributed by atoms with Gasteiger partial charge in [0, 0.05) is 19.7 Å². The molecule has 4 aliphatic rings. The molecule has 4 aliphatic carbocycles. The topological polar surface area (TPSA) is 95.7 Å². The van der Waals surface area contributed by atoms with Crippen molar-refractivity contribution in [3.63, 3.8) is 0 Å². The van der Waals surface area contributed by atoms with Crippen LogP contribution in [0.15, 0.2) is 18.2 Å². The minimum absolute atomic E-state index is 0.0263. The van der Waals surface area contributed by atoms with Crippen LogP contribution in [0.5, 0.6) is 0 Å². The molecule has 0 radical (unpaired) electrons. The van der Waals surface area contributed by atoms with Crippen molar-refractivity contribution in [1.82, 2.24) is 20.0 Å². The van der Waals surface area contributed by atoms with Crippen LogP contribution >= 0.6 is 0 Å². The Balaban J connectivity index is 1.34. The van der Waals surface area contributed by atoms with Gasteiger partial charge < -0.3 is 15.7 Å². The lowest BCUT2D eigenvalue weighted by Gasteiger charge is -2.56. The zero-order valence-corrected chi connectivity index (χ0v) is 18.2. The summed E-state index contributed by atoms with van der Waals surface area (Å²) in [6, 6.07) is 5.42. The number of nitrogens with one attached hydrogen (secondary N) is 2. The van der Waals surface area contributed by atoms with Gasteiger partial charge in [0.1, 0.15) is 17.0 Å². The number of fused-ring (bicyclic) bond motifs is 1. The van der Waals surface area contributed by atoms with Gasteiger partial charge in [0.05, 0.1) is 5.69 Å². The SMILES string of the molecule is Cc1c(C(=O)NCCCO)nc2cccc(C(=O)NCC34CC5CC(CC(C5)C3)C4)n12. The van der Waals surface area contributed by atoms with Crippen LogP contribution in [0.4, 0.5) is 0 Å². The van der Waals surface area contributed by atoms with Crippen molar-refractivity contribution in [2.45, 2.75) is 51.9 Å². The minimum atomic E-state index is -0.283. The lowest BCUT2D eigenvalue weighted by molar-refractivity contribution is -0.0503. The first-order valence-corrected chi connectivity index (χ1v) is 11.6. The van der Waals surface area contributed by atoms with Gasteiger partial charge in [-0.1, -0.05) is 6.07 Å². The predicted octanol–water partition coefficient (Wildman–Crippen LogP) is 2.70. The monoisotopic (exact) mass is 424 g/mol. The molecule has 0 unspecified atom stereocenters. The van der Waals surface area contributed by atoms with Crippen LogP contribution in [0.3, 0.4) is 0 Å². The van der Waals surface area contributed by atoms with E-state index in [2.05, 4.69) is 15.6 Å². The summed E-state index contributed by atoms with van der Waals surface area (Å²) in [5.41, 5.74) is 2.35. The lowest BCUT2D eigenvalue weighted by atomic mass is 9.49. The molecule has 3 N–H and O–H groups in total. The minimum Gasteiger partial charge on any atom is -0.396 e. The molecule has 4 fully saturated rings. The first-order chi connectivity index (χ1) is 15.0. The van der Waals surface area contributed by atoms with E-state index in [0.29, 0.717) is 35.7 Å². The maximum Gasteiger partial charge on any atom is 0.271 e. The number of pyridine rings is 1. The van der Waals surface area contributed by atoms with E-state index in [9.17, 15) is 9.59 Å². The smallest absolute Gasteiger partial charge is 0.271 e. The Labute approximate surface area is 182 Å². The van der Waals surface area contributed by atoms with E-state index in [4.69, 9.17) is 5.11 Å². The summed E-state index contributed by atoms with van der Waals surface area (Å²) < 4.78 is 1.77. The Hall–Kier alpha value is -2.41. The van der Waals surface area contributed by atoms with Crippen molar-refractivity contribution in [3.05, 3.63) is 35.3 Å². The van der Waals surface area contributed by atoms with Gasteiger partial charge >= 0.3 is 0 Å². The molecule has 6 rings (SSSR count). The zero-order chi connectivity index (χ0) is 21.6. The highest BCUT2D eigenvalue weighted by Gasteiger charge is 2.50. The van der Waals surface area contributed by atoms with Crippen LogP contribution in [0.1, 0.15) is 71.6 Å². The fourth-order valence-corrected chi connectivity index (χ4v) is 6.86. The van der Waals surface area contributed by atoms with Crippen LogP contribution in [-0.4, -0.2) is 46.0 Å². The number of aliphatic hydroxyl groups is 1. The van der Waals surface area contributed by atoms with Crippen LogP contribution in [0.2, 0.25) is 0 Å². The third kappa shape index (κ3) is 3.73. The Morgan fingerprint density at radius 1 is 1.10 bits per heavy atom. The van der Waals surface area contributed by atoms with Crippen LogP contribution < -0.4 is 10.6 Å². The molecule has 2 heterocycles. The van der Waals surface area contributed by atoms with E-state index < -0.39 is 0 Å². The molecule has 0 aromatic carbocycles. The van der Waals surface area contributed by atoms with Crippen molar-refractivity contribution < 1.29 is 14.7 Å². The first-order valence-electron chi connectivity index (χ1n) is 11.6. The second-order valence-electron chi connectivity index (χ2n) is 10.1. The third-order valence-corrected chi connectivity index (χ3v) is 7.73. The standard InChI is InChI=1S/C24H32N4O3/c1-15-21(23(31)25-6-3-7-29)27-20-5-2-4-19(28(15)20)22(30)26-14-24-11-16-8-17(12-24)10-18(9-16)13-24/h2,4-5,16-18,29H,3,6-14H2,1H3,(H,25,31)(H,26,30). The number of carbonyl (C=O) groups excluding carboxylic acids is 2. The number of hydrogen-bond acceptors (Lipinski definition) is 4. The van der Waals surface area contributed by atoms with Gasteiger partial charge in [-0.15, -0.1) is 0 Å². The fourth-order valence-electron chi connectivity index (χ4n) is 6.86. The highest BCUT2D eigenvalue weighted by molar-refractivity contribution is 5.96. The molecule has 4 saturated carbocycles. The first kappa shape index (κ1) is 20.5. The van der Waals surface area contributed by atoms with Crippen LogP contribution in [0.25, 0.3) is 5.65 Å². The molecule has 2 amide bonds. The van der Waals surface area contributed by atoms with Crippen molar-refractivity contribution in [2.75, 3.05) is 19.7 Å². The number of amides is 2. The number of aliphatic hydroxyl groups excluding tert-OH is 1. The molecule has 0 saturated heterocycles. The molecular weight excluding hydrogens is 392 g/mol. The van der Waals surface area contributed by atoms with Crippen LogP contribution in [-0.2, 0) is 0 Å². The van der Waals surface area contributed by atoms with Gasteiger partial charge in [-0.05, 0) is 87.2 Å². The number of rotatable bonds is 7. The number of hydrogen-bond donors (Lipinski definition) is 3. The summed E-state index contributed by atoms with van der Waals surface area (Å²) in [7, 11) is 0. The van der Waals surface area contributed by atoms with E-state index in [0.717, 1.165) is 24.3 Å². The number of aromatic nitrogens is 2. The Kier molecular flexibility index (Phi) is 5.24. The summed E-state index contributed by atoms with van der Waals surface area (Å²) >= 11 is 0. The van der Waals surface area contributed by atoms with Gasteiger partial charge in [0.15, 0.2) is 0 Å². The highest BCUT2D eigenvalue weighted by Crippen LogP contribution is 2.59. The van der Waals surface area contributed by atoms with Gasteiger partial charge in [-0.3, -0.25) is 14.0 Å². The van der Waals surface area contributed by atoms with Crippen molar-refractivity contribution in [2.24, 2.45) is 23.2 Å². The fraction of sp³-hybridized carbons (Fsp3) is 0.625. The van der Waals surface area contributed by atoms with Crippen molar-refractivity contribution >= 4 is 17.5 Å². The Bertz CT molecular complexity index is 976. The third-order valence-electron chi connectivity index (χ3n) is 7.73. The molecule has 0 aliphatic heterocycles. The molecular formula is C24H32N4O3. The summed E-state index contributed by atoms with van der Waals surface area (Å²) in [6.07, 6.45) is 8.44. The maximum atomic E-state index is 13.2. The second kappa shape index (κ2) is 7.93. The maximum absolute atomic E-state index is 13.2. The Morgan fingerprint density at radius 2 is 1.77 bits per heavy atom. The summed E-state index contributed by atoms with van der Waals surface area (Å²) in [6.45, 7) is 2.98. The predicted molar refractivity (Wildman–Crippen MR) is 117 cm³/mol. The van der Waals surface area contributed by atoms with Gasteiger partial charge in [-0.25, -0.2) is 4.98 Å². The second-order valence-corrected chi connectivity index (χ2v) is 10.1. The molecule has 0 spiro atoms. The van der Waals surface area contributed by atoms with Gasteiger partial charge in [-0.2, -0.15) is 0 Å². The van der Waals surface area contributed by atoms with E-state index in [-0.39, 0.29) is 23.8 Å². The molecule has 166 valence electrons. The normalized spacial score (nSPS) is 28.8. The summed E-state index contributed by atoms with van der Waals surface area (Å²) in [5.74, 6) is 2.18. The molecule has 31 heavy (non-hydrogen) atoms. The lowest BCUT2D eigenvalue weighted by Crippen LogP contribution is -2.51. The van der Waals surface area contributed by atoms with Crippen LogP contribution in [0, 0.1) is 30.1 Å². The molecule has 4 bridgehead atoms. The average Bonchev–Trinajstić information content (AvgIpc) is 3.08. The molecule has 7 heteroatoms. The molecule has 0 atom stereocenters. The van der Waals surface area contributed by atoms with Gasteiger partial charge in [0.25, 0.3) is 11.8 Å². The van der Waals surface area contributed by atoms with E-state index in [1.165, 1.54) is 38.5 Å². The zero-order valence-electron chi connectivity index (χ0n) is 18.2.